The molecule has 0 spiro atoms. The summed E-state index contributed by atoms with van der Waals surface area (Å²) in [6, 6.07) is 0.544. The van der Waals surface area contributed by atoms with Crippen LogP contribution >= 0.6 is 0 Å². The zero-order valence-electron chi connectivity index (χ0n) is 12.4. The van der Waals surface area contributed by atoms with Gasteiger partial charge in [0, 0.05) is 19.2 Å². The van der Waals surface area contributed by atoms with Gasteiger partial charge in [-0.15, -0.1) is 0 Å². The van der Waals surface area contributed by atoms with E-state index in [0.29, 0.717) is 19.2 Å². The highest BCUT2D eigenvalue weighted by atomic mass is 16.5. The molecule has 0 bridgehead atoms. The van der Waals surface area contributed by atoms with Gasteiger partial charge in [0.05, 0.1) is 13.2 Å². The Hall–Kier alpha value is -0.610. The quantitative estimate of drug-likeness (QED) is 0.596. The van der Waals surface area contributed by atoms with E-state index in [1.165, 1.54) is 12.8 Å². The highest BCUT2D eigenvalue weighted by molar-refractivity contribution is 5.78. The number of unbranched alkanes of at least 4 members (excludes halogenated alkanes) is 1. The number of hydrogen-bond acceptors (Lipinski definition) is 3. The van der Waals surface area contributed by atoms with Crippen LogP contribution in [0.2, 0.25) is 0 Å². The maximum Gasteiger partial charge on any atom is 0.234 e. The monoisotopic (exact) mass is 258 g/mol. The Morgan fingerprint density at radius 1 is 1.22 bits per heavy atom. The van der Waals surface area contributed by atoms with Gasteiger partial charge in [-0.1, -0.05) is 33.1 Å². The van der Waals surface area contributed by atoms with E-state index >= 15 is 0 Å². The number of methoxy groups -OCH3 is 1. The highest BCUT2D eigenvalue weighted by Crippen LogP contribution is 2.06. The average Bonchev–Trinajstić information content (AvgIpc) is 2.33. The van der Waals surface area contributed by atoms with E-state index in [4.69, 9.17) is 4.74 Å². The molecule has 4 nitrogen and oxygen atoms in total. The van der Waals surface area contributed by atoms with Gasteiger partial charge in [-0.25, -0.2) is 0 Å². The molecule has 1 amide bonds. The van der Waals surface area contributed by atoms with Crippen molar-refractivity contribution in [2.75, 3.05) is 20.3 Å². The summed E-state index contributed by atoms with van der Waals surface area (Å²) in [7, 11) is 1.64. The first-order valence-corrected chi connectivity index (χ1v) is 7.15. The van der Waals surface area contributed by atoms with Crippen LogP contribution in [0.15, 0.2) is 0 Å². The lowest BCUT2D eigenvalue weighted by molar-refractivity contribution is -0.121. The van der Waals surface area contributed by atoms with E-state index in [-0.39, 0.29) is 11.9 Å². The van der Waals surface area contributed by atoms with Crippen LogP contribution in [0, 0.1) is 0 Å². The van der Waals surface area contributed by atoms with Gasteiger partial charge in [0.15, 0.2) is 0 Å². The summed E-state index contributed by atoms with van der Waals surface area (Å²) in [4.78, 5) is 11.7. The maximum absolute atomic E-state index is 11.7. The van der Waals surface area contributed by atoms with Gasteiger partial charge in [0.1, 0.15) is 0 Å². The minimum Gasteiger partial charge on any atom is -0.383 e. The average molecular weight is 258 g/mol. The van der Waals surface area contributed by atoms with E-state index in [0.717, 1.165) is 19.3 Å². The second-order valence-corrected chi connectivity index (χ2v) is 4.93. The van der Waals surface area contributed by atoms with Crippen molar-refractivity contribution in [2.45, 2.75) is 65.0 Å². The van der Waals surface area contributed by atoms with Crippen molar-refractivity contribution in [1.82, 2.24) is 10.6 Å². The highest BCUT2D eigenvalue weighted by Gasteiger charge is 2.10. The first-order chi connectivity index (χ1) is 8.63. The molecule has 0 aliphatic carbocycles. The van der Waals surface area contributed by atoms with Gasteiger partial charge < -0.3 is 15.4 Å². The van der Waals surface area contributed by atoms with Crippen LogP contribution in [0.5, 0.6) is 0 Å². The number of hydrogen-bond donors (Lipinski definition) is 2. The molecule has 4 heteroatoms. The van der Waals surface area contributed by atoms with Gasteiger partial charge in [-0.2, -0.15) is 0 Å². The SMILES string of the molecule is CCCCC(CCC)NCC(=O)NC(C)COC. The minimum atomic E-state index is 0.0529. The third kappa shape index (κ3) is 9.42. The standard InChI is InChI=1S/C14H30N2O2/c1-5-7-9-13(8-6-2)15-10-14(17)16-12(3)11-18-4/h12-13,15H,5-11H2,1-4H3,(H,16,17). The molecule has 0 aromatic carbocycles. The molecule has 2 atom stereocenters. The van der Waals surface area contributed by atoms with Crippen molar-refractivity contribution in [2.24, 2.45) is 0 Å². The van der Waals surface area contributed by atoms with Crippen LogP contribution < -0.4 is 10.6 Å². The number of carbonyl (C=O) groups is 1. The third-order valence-electron chi connectivity index (χ3n) is 2.92. The first-order valence-electron chi connectivity index (χ1n) is 7.15. The zero-order chi connectivity index (χ0) is 13.8. The summed E-state index contributed by atoms with van der Waals surface area (Å²) >= 11 is 0. The molecule has 0 rings (SSSR count). The van der Waals surface area contributed by atoms with E-state index < -0.39 is 0 Å². The van der Waals surface area contributed by atoms with Crippen LogP contribution in [-0.4, -0.2) is 38.3 Å². The number of amides is 1. The fourth-order valence-electron chi connectivity index (χ4n) is 2.00. The molecule has 108 valence electrons. The van der Waals surface area contributed by atoms with Gasteiger partial charge in [0.25, 0.3) is 0 Å². The lowest BCUT2D eigenvalue weighted by Gasteiger charge is -2.19. The molecule has 2 N–H and O–H groups in total. The van der Waals surface area contributed by atoms with Crippen LogP contribution in [0.1, 0.15) is 52.9 Å². The van der Waals surface area contributed by atoms with Crippen molar-refractivity contribution in [1.29, 1.82) is 0 Å². The van der Waals surface area contributed by atoms with E-state index in [2.05, 4.69) is 24.5 Å². The van der Waals surface area contributed by atoms with Crippen LogP contribution in [0.25, 0.3) is 0 Å². The van der Waals surface area contributed by atoms with Gasteiger partial charge in [-0.05, 0) is 19.8 Å². The first kappa shape index (κ1) is 17.4. The molecule has 0 radical (unpaired) electrons. The summed E-state index contributed by atoms with van der Waals surface area (Å²) in [5, 5.41) is 6.26. The molecule has 0 saturated heterocycles. The summed E-state index contributed by atoms with van der Waals surface area (Å²) < 4.78 is 4.99. The number of ether oxygens (including phenoxy) is 1. The Morgan fingerprint density at radius 3 is 2.50 bits per heavy atom. The summed E-state index contributed by atoms with van der Waals surface area (Å²) in [6.45, 7) is 7.29. The lowest BCUT2D eigenvalue weighted by Crippen LogP contribution is -2.43. The molecule has 0 saturated carbocycles. The normalized spacial score (nSPS) is 14.2. The predicted molar refractivity (Wildman–Crippen MR) is 75.7 cm³/mol. The van der Waals surface area contributed by atoms with Gasteiger partial charge >= 0.3 is 0 Å². The predicted octanol–water partition coefficient (Wildman–Crippen LogP) is 2.09. The molecule has 2 unspecified atom stereocenters. The molecule has 18 heavy (non-hydrogen) atoms. The molecule has 0 heterocycles. The van der Waals surface area contributed by atoms with Crippen molar-refractivity contribution in [3.63, 3.8) is 0 Å². The Kier molecular flexibility index (Phi) is 11.1. The van der Waals surface area contributed by atoms with Crippen molar-refractivity contribution in [3.05, 3.63) is 0 Å². The second kappa shape index (κ2) is 11.5. The molecule has 0 fully saturated rings. The summed E-state index contributed by atoms with van der Waals surface area (Å²) in [6.07, 6.45) is 5.88. The lowest BCUT2D eigenvalue weighted by atomic mass is 10.1. The Bertz CT molecular complexity index is 210. The topological polar surface area (TPSA) is 50.4 Å². The summed E-state index contributed by atoms with van der Waals surface area (Å²) in [5.74, 6) is 0.0529. The second-order valence-electron chi connectivity index (χ2n) is 4.93. The van der Waals surface area contributed by atoms with Crippen LogP contribution in [0.3, 0.4) is 0 Å². The van der Waals surface area contributed by atoms with E-state index in [1.54, 1.807) is 7.11 Å². The number of carbonyl (C=O) groups excluding carboxylic acids is 1. The van der Waals surface area contributed by atoms with Gasteiger partial charge in [0.2, 0.25) is 5.91 Å². The fourth-order valence-corrected chi connectivity index (χ4v) is 2.00. The van der Waals surface area contributed by atoms with Crippen molar-refractivity contribution >= 4 is 5.91 Å². The smallest absolute Gasteiger partial charge is 0.234 e. The van der Waals surface area contributed by atoms with Gasteiger partial charge in [-0.3, -0.25) is 4.79 Å². The maximum atomic E-state index is 11.7. The molecular formula is C14H30N2O2. The Labute approximate surface area is 112 Å². The molecule has 0 aromatic rings. The minimum absolute atomic E-state index is 0.0529. The Morgan fingerprint density at radius 2 is 1.94 bits per heavy atom. The number of rotatable bonds is 11. The zero-order valence-corrected chi connectivity index (χ0v) is 12.4. The molecule has 0 aliphatic rings. The Balaban J connectivity index is 3.83. The number of nitrogens with one attached hydrogen (secondary N) is 2. The van der Waals surface area contributed by atoms with Crippen LogP contribution in [-0.2, 0) is 9.53 Å². The fraction of sp³-hybridized carbons (Fsp3) is 0.929. The van der Waals surface area contributed by atoms with Crippen molar-refractivity contribution < 1.29 is 9.53 Å². The van der Waals surface area contributed by atoms with E-state index in [1.807, 2.05) is 6.92 Å². The van der Waals surface area contributed by atoms with Crippen LogP contribution in [0.4, 0.5) is 0 Å². The molecular weight excluding hydrogens is 228 g/mol. The molecule has 0 aromatic heterocycles. The third-order valence-corrected chi connectivity index (χ3v) is 2.92. The largest absolute Gasteiger partial charge is 0.383 e. The van der Waals surface area contributed by atoms with E-state index in [9.17, 15) is 4.79 Å². The summed E-state index contributed by atoms with van der Waals surface area (Å²) in [5.41, 5.74) is 0. The van der Waals surface area contributed by atoms with Crippen molar-refractivity contribution in [3.8, 4) is 0 Å². The molecule has 0 aliphatic heterocycles.